The van der Waals surface area contributed by atoms with Crippen molar-refractivity contribution in [2.24, 2.45) is 0 Å². The van der Waals surface area contributed by atoms with E-state index in [9.17, 15) is 14.0 Å². The number of aromatic amines is 1. The highest BCUT2D eigenvalue weighted by Gasteiger charge is 2.19. The van der Waals surface area contributed by atoms with E-state index < -0.39 is 5.82 Å². The quantitative estimate of drug-likeness (QED) is 0.492. The number of amides is 1. The van der Waals surface area contributed by atoms with Crippen LogP contribution in [0.3, 0.4) is 0 Å². The Hall–Kier alpha value is -3.73. The molecule has 0 saturated carbocycles. The number of hydrogen-bond acceptors (Lipinski definition) is 2. The summed E-state index contributed by atoms with van der Waals surface area (Å²) < 4.78 is 13.3. The SMILES string of the molecule is Cc1ccc2cc(CN(Cc3ccccc3)C(=O)c3ccc(F)cc3)c(=O)[nH]c2c1C. The molecule has 1 amide bonds. The van der Waals surface area contributed by atoms with Gasteiger partial charge in [-0.15, -0.1) is 0 Å². The van der Waals surface area contributed by atoms with E-state index in [1.54, 1.807) is 4.90 Å². The Morgan fingerprint density at radius 1 is 0.935 bits per heavy atom. The van der Waals surface area contributed by atoms with Crippen LogP contribution >= 0.6 is 0 Å². The number of fused-ring (bicyclic) bond motifs is 1. The second-order valence-corrected chi connectivity index (χ2v) is 7.75. The number of nitrogens with zero attached hydrogens (tertiary/aromatic N) is 1. The Kier molecular flexibility index (Phi) is 5.67. The van der Waals surface area contributed by atoms with Crippen molar-refractivity contribution >= 4 is 16.8 Å². The van der Waals surface area contributed by atoms with Crippen LogP contribution in [0, 0.1) is 19.7 Å². The molecule has 4 rings (SSSR count). The Bertz CT molecular complexity index is 1300. The Morgan fingerprint density at radius 2 is 1.65 bits per heavy atom. The highest BCUT2D eigenvalue weighted by Crippen LogP contribution is 2.20. The van der Waals surface area contributed by atoms with E-state index >= 15 is 0 Å². The number of H-pyrrole nitrogens is 1. The maximum atomic E-state index is 13.3. The minimum atomic E-state index is -0.400. The smallest absolute Gasteiger partial charge is 0.254 e. The fourth-order valence-electron chi connectivity index (χ4n) is 3.67. The van der Waals surface area contributed by atoms with E-state index in [1.807, 2.05) is 62.4 Å². The van der Waals surface area contributed by atoms with E-state index in [-0.39, 0.29) is 18.0 Å². The Morgan fingerprint density at radius 3 is 2.35 bits per heavy atom. The van der Waals surface area contributed by atoms with Crippen molar-refractivity contribution in [2.45, 2.75) is 26.9 Å². The summed E-state index contributed by atoms with van der Waals surface area (Å²) in [4.78, 5) is 30.7. The Labute approximate surface area is 180 Å². The molecule has 0 atom stereocenters. The molecular formula is C26H23FN2O2. The molecule has 0 spiro atoms. The first-order valence-electron chi connectivity index (χ1n) is 10.1. The van der Waals surface area contributed by atoms with Gasteiger partial charge in [-0.1, -0.05) is 42.5 Å². The van der Waals surface area contributed by atoms with Gasteiger partial charge < -0.3 is 9.88 Å². The summed E-state index contributed by atoms with van der Waals surface area (Å²) in [5.41, 5.74) is 4.56. The third-order valence-electron chi connectivity index (χ3n) is 5.58. The van der Waals surface area contributed by atoms with Crippen LogP contribution in [0.4, 0.5) is 4.39 Å². The predicted molar refractivity (Wildman–Crippen MR) is 120 cm³/mol. The molecule has 1 N–H and O–H groups in total. The molecule has 5 heteroatoms. The van der Waals surface area contributed by atoms with Crippen molar-refractivity contribution in [2.75, 3.05) is 0 Å². The number of rotatable bonds is 5. The van der Waals surface area contributed by atoms with Gasteiger partial charge in [-0.05, 0) is 66.3 Å². The summed E-state index contributed by atoms with van der Waals surface area (Å²) in [6.45, 7) is 4.46. The van der Waals surface area contributed by atoms with Gasteiger partial charge in [0, 0.05) is 17.7 Å². The molecule has 1 heterocycles. The molecule has 4 nitrogen and oxygen atoms in total. The fraction of sp³-hybridized carbons (Fsp3) is 0.154. The molecule has 0 aliphatic carbocycles. The number of hydrogen-bond donors (Lipinski definition) is 1. The number of aryl methyl sites for hydroxylation is 2. The number of pyridine rings is 1. The lowest BCUT2D eigenvalue weighted by molar-refractivity contribution is 0.0729. The third-order valence-corrected chi connectivity index (χ3v) is 5.58. The minimum Gasteiger partial charge on any atom is -0.330 e. The van der Waals surface area contributed by atoms with Crippen LogP contribution in [-0.4, -0.2) is 15.8 Å². The van der Waals surface area contributed by atoms with Gasteiger partial charge in [0.1, 0.15) is 5.82 Å². The summed E-state index contributed by atoms with van der Waals surface area (Å²) in [5, 5.41) is 0.923. The highest BCUT2D eigenvalue weighted by atomic mass is 19.1. The van der Waals surface area contributed by atoms with Gasteiger partial charge in [-0.3, -0.25) is 9.59 Å². The van der Waals surface area contributed by atoms with E-state index in [4.69, 9.17) is 0 Å². The lowest BCUT2D eigenvalue weighted by Gasteiger charge is -2.23. The first-order chi connectivity index (χ1) is 14.9. The number of aromatic nitrogens is 1. The van der Waals surface area contributed by atoms with Gasteiger partial charge in [0.05, 0.1) is 12.1 Å². The zero-order valence-electron chi connectivity index (χ0n) is 17.5. The van der Waals surface area contributed by atoms with E-state index in [2.05, 4.69) is 4.98 Å². The topological polar surface area (TPSA) is 53.2 Å². The standard InChI is InChI=1S/C26H23FN2O2/c1-17-8-9-21-14-22(25(30)28-24(21)18(17)2)16-29(15-19-6-4-3-5-7-19)26(31)20-10-12-23(27)13-11-20/h3-14H,15-16H2,1-2H3,(H,28,30). The largest absolute Gasteiger partial charge is 0.330 e. The molecular weight excluding hydrogens is 391 g/mol. The van der Waals surface area contributed by atoms with Crippen LogP contribution in [-0.2, 0) is 13.1 Å². The molecule has 4 aromatic rings. The maximum absolute atomic E-state index is 13.3. The average Bonchev–Trinajstić information content (AvgIpc) is 2.78. The normalized spacial score (nSPS) is 10.9. The van der Waals surface area contributed by atoms with Gasteiger partial charge in [-0.25, -0.2) is 4.39 Å². The Balaban J connectivity index is 1.72. The molecule has 0 unspecified atom stereocenters. The van der Waals surface area contributed by atoms with E-state index in [0.717, 1.165) is 27.6 Å². The van der Waals surface area contributed by atoms with Gasteiger partial charge >= 0.3 is 0 Å². The van der Waals surface area contributed by atoms with Crippen LogP contribution in [0.2, 0.25) is 0 Å². The molecule has 0 aliphatic heterocycles. The summed E-state index contributed by atoms with van der Waals surface area (Å²) in [7, 11) is 0. The van der Waals surface area contributed by atoms with Crippen LogP contribution in [0.15, 0.2) is 77.6 Å². The molecule has 0 saturated heterocycles. The number of nitrogens with one attached hydrogen (secondary N) is 1. The average molecular weight is 414 g/mol. The van der Waals surface area contributed by atoms with E-state index in [1.165, 1.54) is 24.3 Å². The van der Waals surface area contributed by atoms with Gasteiger partial charge in [0.2, 0.25) is 0 Å². The van der Waals surface area contributed by atoms with Crippen molar-refractivity contribution in [3.63, 3.8) is 0 Å². The second kappa shape index (κ2) is 8.56. The van der Waals surface area contributed by atoms with Crippen molar-refractivity contribution in [3.05, 3.63) is 117 Å². The molecule has 156 valence electrons. The van der Waals surface area contributed by atoms with Crippen LogP contribution < -0.4 is 5.56 Å². The molecule has 0 bridgehead atoms. The molecule has 31 heavy (non-hydrogen) atoms. The zero-order chi connectivity index (χ0) is 22.0. The summed E-state index contributed by atoms with van der Waals surface area (Å²) in [6, 6.07) is 20.9. The first-order valence-corrected chi connectivity index (χ1v) is 10.1. The first kappa shape index (κ1) is 20.5. The molecule has 3 aromatic carbocycles. The lowest BCUT2D eigenvalue weighted by Crippen LogP contribution is -2.32. The summed E-state index contributed by atoms with van der Waals surface area (Å²) >= 11 is 0. The molecule has 1 aromatic heterocycles. The number of benzene rings is 3. The van der Waals surface area contributed by atoms with Crippen molar-refractivity contribution in [1.82, 2.24) is 9.88 Å². The van der Waals surface area contributed by atoms with Gasteiger partial charge in [0.25, 0.3) is 11.5 Å². The summed E-state index contributed by atoms with van der Waals surface area (Å²) in [5.74, 6) is -0.661. The van der Waals surface area contributed by atoms with Crippen molar-refractivity contribution < 1.29 is 9.18 Å². The van der Waals surface area contributed by atoms with E-state index in [0.29, 0.717) is 17.7 Å². The maximum Gasteiger partial charge on any atom is 0.254 e. The second-order valence-electron chi connectivity index (χ2n) is 7.75. The van der Waals surface area contributed by atoms with Crippen LogP contribution in [0.1, 0.15) is 32.6 Å². The minimum absolute atomic E-state index is 0.142. The zero-order valence-corrected chi connectivity index (χ0v) is 17.5. The highest BCUT2D eigenvalue weighted by molar-refractivity contribution is 5.94. The lowest BCUT2D eigenvalue weighted by atomic mass is 10.0. The van der Waals surface area contributed by atoms with Crippen molar-refractivity contribution in [3.8, 4) is 0 Å². The molecule has 0 aliphatic rings. The number of halogens is 1. The van der Waals surface area contributed by atoms with Crippen LogP contribution in [0.25, 0.3) is 10.9 Å². The predicted octanol–water partition coefficient (Wildman–Crippen LogP) is 5.13. The van der Waals surface area contributed by atoms with Gasteiger partial charge in [-0.2, -0.15) is 0 Å². The van der Waals surface area contributed by atoms with Gasteiger partial charge in [0.15, 0.2) is 0 Å². The number of carbonyl (C=O) groups is 1. The third kappa shape index (κ3) is 4.40. The van der Waals surface area contributed by atoms with Crippen molar-refractivity contribution in [1.29, 1.82) is 0 Å². The fourth-order valence-corrected chi connectivity index (χ4v) is 3.67. The number of carbonyl (C=O) groups excluding carboxylic acids is 1. The van der Waals surface area contributed by atoms with Crippen LogP contribution in [0.5, 0.6) is 0 Å². The molecule has 0 radical (unpaired) electrons. The summed E-state index contributed by atoms with van der Waals surface area (Å²) in [6.07, 6.45) is 0. The monoisotopic (exact) mass is 414 g/mol. The molecule has 0 fully saturated rings.